The van der Waals surface area contributed by atoms with E-state index in [4.69, 9.17) is 5.11 Å². The smallest absolute Gasteiger partial charge is 0.339 e. The topological polar surface area (TPSA) is 84.2 Å². The minimum Gasteiger partial charge on any atom is -0.478 e. The Kier molecular flexibility index (Phi) is 3.33. The van der Waals surface area contributed by atoms with E-state index in [0.29, 0.717) is 5.69 Å². The van der Waals surface area contributed by atoms with Gasteiger partial charge >= 0.3 is 5.97 Å². The number of anilines is 1. The molecule has 6 nitrogen and oxygen atoms in total. The molecule has 0 atom stereocenters. The van der Waals surface area contributed by atoms with Gasteiger partial charge in [-0.2, -0.15) is 5.10 Å². The summed E-state index contributed by atoms with van der Waals surface area (Å²) in [6.45, 7) is 1.94. The Morgan fingerprint density at radius 1 is 1.26 bits per heavy atom. The van der Waals surface area contributed by atoms with Crippen LogP contribution in [0, 0.1) is 6.92 Å². The molecule has 0 unspecified atom stereocenters. The van der Waals surface area contributed by atoms with E-state index >= 15 is 0 Å². The highest BCUT2D eigenvalue weighted by Crippen LogP contribution is 2.13. The Morgan fingerprint density at radius 3 is 2.47 bits per heavy atom. The number of aromatic carboxylic acids is 1. The Labute approximate surface area is 109 Å². The van der Waals surface area contributed by atoms with Gasteiger partial charge in [-0.05, 0) is 19.1 Å². The van der Waals surface area contributed by atoms with Crippen molar-refractivity contribution in [3.63, 3.8) is 0 Å². The highest BCUT2D eigenvalue weighted by Gasteiger charge is 2.21. The molecule has 1 aromatic carbocycles. The summed E-state index contributed by atoms with van der Waals surface area (Å²) in [5, 5.41) is 15.4. The third-order valence-corrected chi connectivity index (χ3v) is 2.69. The fraction of sp³-hybridized carbons (Fsp3) is 0.154. The first kappa shape index (κ1) is 12.8. The Hall–Kier alpha value is -2.63. The van der Waals surface area contributed by atoms with E-state index in [1.165, 1.54) is 11.7 Å². The van der Waals surface area contributed by atoms with Crippen molar-refractivity contribution in [2.24, 2.45) is 7.05 Å². The van der Waals surface area contributed by atoms with Gasteiger partial charge in [0, 0.05) is 12.7 Å². The molecule has 0 saturated heterocycles. The van der Waals surface area contributed by atoms with E-state index in [0.717, 1.165) is 11.8 Å². The molecule has 1 amide bonds. The SMILES string of the molecule is Cc1ccc(NC(=O)c2c(C(=O)O)cnn2C)cc1. The normalized spacial score (nSPS) is 10.2. The third kappa shape index (κ3) is 2.62. The van der Waals surface area contributed by atoms with Gasteiger partial charge in [0.05, 0.1) is 6.20 Å². The number of aryl methyl sites for hydroxylation is 2. The molecule has 2 rings (SSSR count). The number of carbonyl (C=O) groups excluding carboxylic acids is 1. The van der Waals surface area contributed by atoms with Crippen molar-refractivity contribution in [2.75, 3.05) is 5.32 Å². The van der Waals surface area contributed by atoms with Crippen LogP contribution in [0.5, 0.6) is 0 Å². The lowest BCUT2D eigenvalue weighted by molar-refractivity contribution is 0.0692. The summed E-state index contributed by atoms with van der Waals surface area (Å²) in [6.07, 6.45) is 1.16. The van der Waals surface area contributed by atoms with E-state index in [1.54, 1.807) is 12.1 Å². The van der Waals surface area contributed by atoms with Crippen LogP contribution in [0.2, 0.25) is 0 Å². The predicted molar refractivity (Wildman–Crippen MR) is 69.3 cm³/mol. The van der Waals surface area contributed by atoms with Gasteiger partial charge in [0.25, 0.3) is 5.91 Å². The first-order valence-electron chi connectivity index (χ1n) is 5.62. The van der Waals surface area contributed by atoms with Crippen molar-refractivity contribution in [1.82, 2.24) is 9.78 Å². The van der Waals surface area contributed by atoms with Crippen molar-refractivity contribution >= 4 is 17.6 Å². The van der Waals surface area contributed by atoms with Crippen LogP contribution in [-0.2, 0) is 7.05 Å². The van der Waals surface area contributed by atoms with Crippen molar-refractivity contribution in [3.05, 3.63) is 47.3 Å². The van der Waals surface area contributed by atoms with Gasteiger partial charge in [-0.3, -0.25) is 9.48 Å². The minimum absolute atomic E-state index is 0.0214. The highest BCUT2D eigenvalue weighted by atomic mass is 16.4. The van der Waals surface area contributed by atoms with Crippen LogP contribution in [-0.4, -0.2) is 26.8 Å². The zero-order valence-electron chi connectivity index (χ0n) is 10.5. The number of hydrogen-bond donors (Lipinski definition) is 2. The average molecular weight is 259 g/mol. The van der Waals surface area contributed by atoms with E-state index in [-0.39, 0.29) is 11.3 Å². The lowest BCUT2D eigenvalue weighted by atomic mass is 10.2. The van der Waals surface area contributed by atoms with E-state index in [1.807, 2.05) is 19.1 Å². The van der Waals surface area contributed by atoms with Crippen LogP contribution in [0.4, 0.5) is 5.69 Å². The molecule has 1 heterocycles. The zero-order chi connectivity index (χ0) is 14.0. The number of aromatic nitrogens is 2. The quantitative estimate of drug-likeness (QED) is 0.878. The summed E-state index contributed by atoms with van der Waals surface area (Å²) in [5.41, 5.74) is 1.58. The number of rotatable bonds is 3. The van der Waals surface area contributed by atoms with Crippen LogP contribution in [0.15, 0.2) is 30.5 Å². The summed E-state index contributed by atoms with van der Waals surface area (Å²) in [5.74, 6) is -1.68. The number of nitrogens with one attached hydrogen (secondary N) is 1. The van der Waals surface area contributed by atoms with Crippen molar-refractivity contribution in [3.8, 4) is 0 Å². The first-order chi connectivity index (χ1) is 8.99. The largest absolute Gasteiger partial charge is 0.478 e. The summed E-state index contributed by atoms with van der Waals surface area (Å²) >= 11 is 0. The second-order valence-electron chi connectivity index (χ2n) is 4.16. The van der Waals surface area contributed by atoms with Crippen LogP contribution >= 0.6 is 0 Å². The van der Waals surface area contributed by atoms with Gasteiger partial charge in [0.1, 0.15) is 11.3 Å². The summed E-state index contributed by atoms with van der Waals surface area (Å²) in [4.78, 5) is 23.1. The molecule has 1 aromatic heterocycles. The molecule has 0 aliphatic carbocycles. The third-order valence-electron chi connectivity index (χ3n) is 2.69. The molecule has 0 aliphatic rings. The molecular weight excluding hydrogens is 246 g/mol. The van der Waals surface area contributed by atoms with Crippen molar-refractivity contribution in [1.29, 1.82) is 0 Å². The number of amides is 1. The van der Waals surface area contributed by atoms with Crippen molar-refractivity contribution < 1.29 is 14.7 Å². The van der Waals surface area contributed by atoms with Crippen LogP contribution in [0.25, 0.3) is 0 Å². The van der Waals surface area contributed by atoms with Gasteiger partial charge in [-0.15, -0.1) is 0 Å². The Morgan fingerprint density at radius 2 is 1.89 bits per heavy atom. The minimum atomic E-state index is -1.18. The maximum absolute atomic E-state index is 12.1. The monoisotopic (exact) mass is 259 g/mol. The molecule has 0 fully saturated rings. The molecule has 0 aliphatic heterocycles. The van der Waals surface area contributed by atoms with Crippen LogP contribution < -0.4 is 5.32 Å². The molecule has 0 saturated carbocycles. The Balaban J connectivity index is 2.27. The second kappa shape index (κ2) is 4.93. The molecule has 0 bridgehead atoms. The maximum Gasteiger partial charge on any atom is 0.339 e. The Bertz CT molecular complexity index is 629. The number of nitrogens with zero attached hydrogens (tertiary/aromatic N) is 2. The summed E-state index contributed by atoms with van der Waals surface area (Å²) in [6, 6.07) is 7.22. The van der Waals surface area contributed by atoms with E-state index in [2.05, 4.69) is 10.4 Å². The van der Waals surface area contributed by atoms with Gasteiger partial charge in [-0.1, -0.05) is 17.7 Å². The van der Waals surface area contributed by atoms with E-state index < -0.39 is 11.9 Å². The number of carboxylic acids is 1. The molecular formula is C13H13N3O3. The molecule has 0 radical (unpaired) electrons. The first-order valence-corrected chi connectivity index (χ1v) is 5.62. The van der Waals surface area contributed by atoms with E-state index in [9.17, 15) is 9.59 Å². The zero-order valence-corrected chi connectivity index (χ0v) is 10.5. The van der Waals surface area contributed by atoms with Crippen LogP contribution in [0.3, 0.4) is 0 Å². The fourth-order valence-electron chi connectivity index (χ4n) is 1.69. The van der Waals surface area contributed by atoms with Gasteiger partial charge < -0.3 is 10.4 Å². The van der Waals surface area contributed by atoms with Crippen molar-refractivity contribution in [2.45, 2.75) is 6.92 Å². The van der Waals surface area contributed by atoms with Gasteiger partial charge in [-0.25, -0.2) is 4.79 Å². The predicted octanol–water partition coefficient (Wildman–Crippen LogP) is 1.68. The highest BCUT2D eigenvalue weighted by molar-refractivity contribution is 6.09. The lowest BCUT2D eigenvalue weighted by Gasteiger charge is -2.06. The maximum atomic E-state index is 12.1. The number of hydrogen-bond acceptors (Lipinski definition) is 3. The average Bonchev–Trinajstić information content (AvgIpc) is 2.74. The molecule has 0 spiro atoms. The summed E-state index contributed by atoms with van der Waals surface area (Å²) < 4.78 is 1.24. The van der Waals surface area contributed by atoms with Crippen LogP contribution in [0.1, 0.15) is 26.4 Å². The summed E-state index contributed by atoms with van der Waals surface area (Å²) in [7, 11) is 1.52. The molecule has 2 aromatic rings. The molecule has 6 heteroatoms. The molecule has 2 N–H and O–H groups in total. The second-order valence-corrected chi connectivity index (χ2v) is 4.16. The number of carboxylic acid groups (broad SMARTS) is 1. The van der Waals surface area contributed by atoms with Gasteiger partial charge in [0.2, 0.25) is 0 Å². The van der Waals surface area contributed by atoms with Gasteiger partial charge in [0.15, 0.2) is 0 Å². The standard InChI is InChI=1S/C13H13N3O3/c1-8-3-5-9(6-4-8)15-12(17)11-10(13(18)19)7-14-16(11)2/h3-7H,1-2H3,(H,15,17)(H,18,19). The lowest BCUT2D eigenvalue weighted by Crippen LogP contribution is -2.19. The molecule has 98 valence electrons. The number of benzene rings is 1. The molecule has 19 heavy (non-hydrogen) atoms. The number of carbonyl (C=O) groups is 2. The fourth-order valence-corrected chi connectivity index (χ4v) is 1.69.